The summed E-state index contributed by atoms with van der Waals surface area (Å²) >= 11 is 0. The van der Waals surface area contributed by atoms with E-state index in [4.69, 9.17) is 5.73 Å². The first-order chi connectivity index (χ1) is 8.08. The second-order valence-electron chi connectivity index (χ2n) is 3.17. The number of alkyl halides is 2. The topological polar surface area (TPSA) is 53.1 Å². The summed E-state index contributed by atoms with van der Waals surface area (Å²) < 4.78 is 42.7. The van der Waals surface area contributed by atoms with Crippen molar-refractivity contribution in [2.45, 2.75) is 6.61 Å². The third-order valence-electron chi connectivity index (χ3n) is 2.05. The Morgan fingerprint density at radius 2 is 2.12 bits per heavy atom. The lowest BCUT2D eigenvalue weighted by Crippen LogP contribution is -2.07. The van der Waals surface area contributed by atoms with Gasteiger partial charge in [-0.15, -0.1) is 0 Å². The highest BCUT2D eigenvalue weighted by atomic mass is 19.3. The van der Waals surface area contributed by atoms with E-state index in [0.717, 1.165) is 12.1 Å². The van der Waals surface area contributed by atoms with Crippen molar-refractivity contribution in [3.8, 4) is 11.4 Å². The van der Waals surface area contributed by atoms with Gasteiger partial charge in [0.2, 0.25) is 0 Å². The Morgan fingerprint density at radius 3 is 2.71 bits per heavy atom. The molecule has 4 nitrogen and oxygen atoms in total. The van der Waals surface area contributed by atoms with Gasteiger partial charge in [-0.1, -0.05) is 0 Å². The number of ether oxygens (including phenoxy) is 1. The molecule has 0 spiro atoms. The quantitative estimate of drug-likeness (QED) is 0.841. The number of halogens is 3. The van der Waals surface area contributed by atoms with Crippen molar-refractivity contribution in [1.82, 2.24) is 9.78 Å². The molecule has 0 fully saturated rings. The van der Waals surface area contributed by atoms with Gasteiger partial charge >= 0.3 is 6.61 Å². The monoisotopic (exact) mass is 243 g/mol. The van der Waals surface area contributed by atoms with Crippen molar-refractivity contribution in [2.24, 2.45) is 0 Å². The highest BCUT2D eigenvalue weighted by molar-refractivity contribution is 5.60. The number of nitrogens with two attached hydrogens (primary N) is 1. The van der Waals surface area contributed by atoms with Crippen LogP contribution in [0.3, 0.4) is 0 Å². The van der Waals surface area contributed by atoms with E-state index in [-0.39, 0.29) is 11.4 Å². The molecule has 1 aromatic heterocycles. The minimum absolute atomic E-state index is 0.0767. The number of benzene rings is 1. The first-order valence-corrected chi connectivity index (χ1v) is 4.62. The van der Waals surface area contributed by atoms with Crippen LogP contribution in [0, 0.1) is 5.82 Å². The summed E-state index contributed by atoms with van der Waals surface area (Å²) in [7, 11) is 0. The fourth-order valence-electron chi connectivity index (χ4n) is 1.35. The molecule has 0 saturated carbocycles. The molecule has 2 aromatic rings. The van der Waals surface area contributed by atoms with Crippen LogP contribution in [0.25, 0.3) is 5.69 Å². The number of anilines is 1. The molecule has 0 aliphatic heterocycles. The van der Waals surface area contributed by atoms with Crippen LogP contribution < -0.4 is 10.5 Å². The number of nitrogens with zero attached hydrogens (tertiary/aromatic N) is 2. The summed E-state index contributed by atoms with van der Waals surface area (Å²) in [6.07, 6.45) is 3.03. The van der Waals surface area contributed by atoms with Crippen LogP contribution in [-0.2, 0) is 0 Å². The predicted molar refractivity (Wildman–Crippen MR) is 54.6 cm³/mol. The summed E-state index contributed by atoms with van der Waals surface area (Å²) in [6.45, 7) is -3.10. The Morgan fingerprint density at radius 1 is 1.35 bits per heavy atom. The van der Waals surface area contributed by atoms with Gasteiger partial charge in [0, 0.05) is 24.5 Å². The predicted octanol–water partition coefficient (Wildman–Crippen LogP) is 2.19. The smallest absolute Gasteiger partial charge is 0.387 e. The zero-order valence-corrected chi connectivity index (χ0v) is 8.48. The van der Waals surface area contributed by atoms with Crippen LogP contribution >= 0.6 is 0 Å². The summed E-state index contributed by atoms with van der Waals surface area (Å²) in [5.41, 5.74) is 5.92. The highest BCUT2D eigenvalue weighted by Crippen LogP contribution is 2.27. The number of hydrogen-bond donors (Lipinski definition) is 1. The summed E-state index contributed by atoms with van der Waals surface area (Å²) in [4.78, 5) is 0. The van der Waals surface area contributed by atoms with Gasteiger partial charge in [-0.25, -0.2) is 9.07 Å². The number of hydrogen-bond acceptors (Lipinski definition) is 3. The molecule has 1 aromatic carbocycles. The zero-order valence-electron chi connectivity index (χ0n) is 8.48. The average molecular weight is 243 g/mol. The molecule has 17 heavy (non-hydrogen) atoms. The lowest BCUT2D eigenvalue weighted by Gasteiger charge is -2.10. The SMILES string of the molecule is Nc1cc(F)c(OC(F)F)cc1-n1cccn1. The van der Waals surface area contributed by atoms with Crippen molar-refractivity contribution in [3.63, 3.8) is 0 Å². The van der Waals surface area contributed by atoms with Crippen LogP contribution in [-0.4, -0.2) is 16.4 Å². The van der Waals surface area contributed by atoms with Crippen molar-refractivity contribution in [2.75, 3.05) is 5.73 Å². The Labute approximate surface area is 94.4 Å². The third kappa shape index (κ3) is 2.32. The Bertz CT molecular complexity index is 514. The molecule has 0 saturated heterocycles. The van der Waals surface area contributed by atoms with E-state index < -0.39 is 18.2 Å². The lowest BCUT2D eigenvalue weighted by molar-refractivity contribution is -0.0521. The molecule has 90 valence electrons. The van der Waals surface area contributed by atoms with Crippen molar-refractivity contribution >= 4 is 5.69 Å². The maximum atomic E-state index is 13.3. The van der Waals surface area contributed by atoms with Gasteiger partial charge in [0.25, 0.3) is 0 Å². The van der Waals surface area contributed by atoms with Crippen molar-refractivity contribution < 1.29 is 17.9 Å². The largest absolute Gasteiger partial charge is 0.432 e. The minimum Gasteiger partial charge on any atom is -0.432 e. The third-order valence-corrected chi connectivity index (χ3v) is 2.05. The van der Waals surface area contributed by atoms with E-state index in [0.29, 0.717) is 0 Å². The molecule has 2 rings (SSSR count). The van der Waals surface area contributed by atoms with Gasteiger partial charge in [0.05, 0.1) is 11.4 Å². The van der Waals surface area contributed by atoms with E-state index in [9.17, 15) is 13.2 Å². The highest BCUT2D eigenvalue weighted by Gasteiger charge is 2.14. The minimum atomic E-state index is -3.10. The van der Waals surface area contributed by atoms with Crippen molar-refractivity contribution in [3.05, 3.63) is 36.4 Å². The first-order valence-electron chi connectivity index (χ1n) is 4.62. The molecule has 0 aliphatic carbocycles. The van der Waals surface area contributed by atoms with E-state index in [1.165, 1.54) is 10.9 Å². The fourth-order valence-corrected chi connectivity index (χ4v) is 1.35. The maximum absolute atomic E-state index is 13.3. The second kappa shape index (κ2) is 4.36. The van der Waals surface area contributed by atoms with Gasteiger partial charge in [-0.2, -0.15) is 13.9 Å². The van der Waals surface area contributed by atoms with Gasteiger partial charge < -0.3 is 10.5 Å². The average Bonchev–Trinajstić information content (AvgIpc) is 2.74. The molecular weight excluding hydrogens is 235 g/mol. The number of nitrogen functional groups attached to an aromatic ring is 1. The van der Waals surface area contributed by atoms with Gasteiger partial charge in [-0.3, -0.25) is 0 Å². The van der Waals surface area contributed by atoms with Gasteiger partial charge in [0.1, 0.15) is 0 Å². The summed E-state index contributed by atoms with van der Waals surface area (Å²) in [5, 5.41) is 3.87. The molecule has 0 bridgehead atoms. The lowest BCUT2D eigenvalue weighted by atomic mass is 10.2. The molecule has 0 radical (unpaired) electrons. The normalized spacial score (nSPS) is 10.8. The first kappa shape index (κ1) is 11.3. The molecule has 2 N–H and O–H groups in total. The van der Waals surface area contributed by atoms with Gasteiger partial charge in [-0.05, 0) is 6.07 Å². The number of aromatic nitrogens is 2. The standard InChI is InChI=1S/C10H8F3N3O/c11-6-4-7(14)8(16-3-1-2-15-16)5-9(6)17-10(12)13/h1-5,10H,14H2. The van der Waals surface area contributed by atoms with E-state index in [2.05, 4.69) is 9.84 Å². The van der Waals surface area contributed by atoms with E-state index in [1.807, 2.05) is 0 Å². The van der Waals surface area contributed by atoms with Crippen molar-refractivity contribution in [1.29, 1.82) is 0 Å². The Hall–Kier alpha value is -2.18. The molecule has 0 amide bonds. The molecule has 0 unspecified atom stereocenters. The van der Waals surface area contributed by atoms with Crippen LogP contribution in [0.2, 0.25) is 0 Å². The molecule has 0 aliphatic rings. The van der Waals surface area contributed by atoms with Crippen LogP contribution in [0.15, 0.2) is 30.6 Å². The molecule has 0 atom stereocenters. The Kier molecular flexibility index (Phi) is 2.90. The van der Waals surface area contributed by atoms with Crippen LogP contribution in [0.5, 0.6) is 5.75 Å². The molecule has 1 heterocycles. The second-order valence-corrected chi connectivity index (χ2v) is 3.17. The Balaban J connectivity index is 2.46. The molecule has 7 heteroatoms. The molecular formula is C10H8F3N3O. The van der Waals surface area contributed by atoms with E-state index >= 15 is 0 Å². The van der Waals surface area contributed by atoms with E-state index in [1.54, 1.807) is 12.3 Å². The summed E-state index contributed by atoms with van der Waals surface area (Å²) in [5.74, 6) is -1.52. The fraction of sp³-hybridized carbons (Fsp3) is 0.100. The van der Waals surface area contributed by atoms with Crippen LogP contribution in [0.4, 0.5) is 18.9 Å². The summed E-state index contributed by atoms with van der Waals surface area (Å²) in [6, 6.07) is 3.61. The maximum Gasteiger partial charge on any atom is 0.387 e. The van der Waals surface area contributed by atoms with Gasteiger partial charge in [0.15, 0.2) is 11.6 Å². The van der Waals surface area contributed by atoms with Crippen LogP contribution in [0.1, 0.15) is 0 Å². The zero-order chi connectivity index (χ0) is 12.4. The number of rotatable bonds is 3.